The number of allylic oxidation sites excluding steroid dienone is 2. The molecule has 0 bridgehead atoms. The van der Waals surface area contributed by atoms with E-state index in [2.05, 4.69) is 60.4 Å². The van der Waals surface area contributed by atoms with Crippen LogP contribution in [0.25, 0.3) is 0 Å². The van der Waals surface area contributed by atoms with Gasteiger partial charge in [-0.3, -0.25) is 4.79 Å². The second kappa shape index (κ2) is 8.63. The largest absolute Gasteiger partial charge is 0.490 e. The Morgan fingerprint density at radius 2 is 1.88 bits per heavy atom. The van der Waals surface area contributed by atoms with Crippen LogP contribution in [0, 0.1) is 12.3 Å². The van der Waals surface area contributed by atoms with E-state index in [9.17, 15) is 4.79 Å². The molecule has 1 N–H and O–H groups in total. The fourth-order valence-corrected chi connectivity index (χ4v) is 4.78. The molecule has 2 aromatic carbocycles. The van der Waals surface area contributed by atoms with E-state index in [0.29, 0.717) is 37.1 Å². The van der Waals surface area contributed by atoms with Gasteiger partial charge >= 0.3 is 0 Å². The summed E-state index contributed by atoms with van der Waals surface area (Å²) in [5, 5.41) is 7.79. The molecule has 2 heterocycles. The molecule has 1 unspecified atom stereocenters. The van der Waals surface area contributed by atoms with Gasteiger partial charge in [-0.1, -0.05) is 49.7 Å². The first-order valence-electron chi connectivity index (χ1n) is 11.7. The molecule has 176 valence electrons. The Labute approximate surface area is 199 Å². The predicted octanol–water partition coefficient (Wildman–Crippen LogP) is 5.22. The van der Waals surface area contributed by atoms with E-state index in [4.69, 9.17) is 9.47 Å². The zero-order chi connectivity index (χ0) is 23.9. The van der Waals surface area contributed by atoms with E-state index in [-0.39, 0.29) is 17.2 Å². The molecule has 34 heavy (non-hydrogen) atoms. The van der Waals surface area contributed by atoms with Crippen molar-refractivity contribution in [3.63, 3.8) is 0 Å². The van der Waals surface area contributed by atoms with Crippen molar-refractivity contribution in [2.75, 3.05) is 11.9 Å². The third kappa shape index (κ3) is 4.18. The molecule has 1 aliphatic heterocycles. The fraction of sp³-hybridized carbons (Fsp3) is 0.370. The van der Waals surface area contributed by atoms with Gasteiger partial charge in [-0.25, -0.2) is 4.68 Å². The van der Waals surface area contributed by atoms with Crippen molar-refractivity contribution < 1.29 is 14.3 Å². The maximum atomic E-state index is 13.3. The first-order chi connectivity index (χ1) is 16.3. The van der Waals surface area contributed by atoms with Gasteiger partial charge in [0, 0.05) is 17.7 Å². The second-order valence-corrected chi connectivity index (χ2v) is 9.80. The lowest BCUT2D eigenvalue weighted by molar-refractivity contribution is -0.118. The lowest BCUT2D eigenvalue weighted by Crippen LogP contribution is -2.36. The highest BCUT2D eigenvalue weighted by Gasteiger charge is 2.41. The van der Waals surface area contributed by atoms with E-state index < -0.39 is 0 Å². The molecule has 0 saturated carbocycles. The van der Waals surface area contributed by atoms with Gasteiger partial charge in [-0.2, -0.15) is 10.1 Å². The molecule has 1 aliphatic carbocycles. The molecular formula is C27H30N4O3. The second-order valence-electron chi connectivity index (χ2n) is 9.80. The number of carbonyl (C=O) groups is 1. The number of nitrogens with one attached hydrogen (secondary N) is 1. The van der Waals surface area contributed by atoms with Crippen LogP contribution in [0.2, 0.25) is 0 Å². The number of hydrogen-bond acceptors (Lipinski definition) is 6. The standard InChI is InChI=1S/C27H30N4O3/c1-5-33-23-12-19(10-11-22(23)34-15-18-8-6-17(2)7-9-18)25-24-20(13-27(3,4)14-21(24)32)30-26-28-16-29-31(25)26/h6-12,16,25H,5,13-15H2,1-4H3,(H,28,29,30). The number of anilines is 1. The summed E-state index contributed by atoms with van der Waals surface area (Å²) < 4.78 is 13.9. The molecule has 0 radical (unpaired) electrons. The average Bonchev–Trinajstić information content (AvgIpc) is 3.25. The SMILES string of the molecule is CCOc1cc(C2C3=C(CC(C)(C)CC3=O)Nc3ncnn32)ccc1OCc1ccc(C)cc1. The van der Waals surface area contributed by atoms with E-state index in [1.165, 1.54) is 11.9 Å². The Hall–Kier alpha value is -3.61. The normalized spacial score (nSPS) is 18.7. The van der Waals surface area contributed by atoms with Crippen LogP contribution in [0.15, 0.2) is 60.1 Å². The molecule has 2 aliphatic rings. The first kappa shape index (κ1) is 22.2. The monoisotopic (exact) mass is 458 g/mol. The Kier molecular flexibility index (Phi) is 5.63. The third-order valence-electron chi connectivity index (χ3n) is 6.37. The number of ether oxygens (including phenoxy) is 2. The zero-order valence-corrected chi connectivity index (χ0v) is 20.1. The number of hydrogen-bond donors (Lipinski definition) is 1. The van der Waals surface area contributed by atoms with Gasteiger partial charge in [0.1, 0.15) is 19.0 Å². The van der Waals surface area contributed by atoms with Gasteiger partial charge in [0.2, 0.25) is 5.95 Å². The van der Waals surface area contributed by atoms with Gasteiger partial charge < -0.3 is 14.8 Å². The highest BCUT2D eigenvalue weighted by atomic mass is 16.5. The number of ketones is 1. The van der Waals surface area contributed by atoms with Crippen LogP contribution in [-0.4, -0.2) is 27.2 Å². The number of fused-ring (bicyclic) bond motifs is 1. The number of benzene rings is 2. The summed E-state index contributed by atoms with van der Waals surface area (Å²) in [6.07, 6.45) is 2.81. The molecule has 1 aromatic heterocycles. The smallest absolute Gasteiger partial charge is 0.226 e. The Balaban J connectivity index is 1.51. The average molecular weight is 459 g/mol. The molecule has 0 spiro atoms. The fourth-order valence-electron chi connectivity index (χ4n) is 4.78. The summed E-state index contributed by atoms with van der Waals surface area (Å²) in [4.78, 5) is 17.7. The van der Waals surface area contributed by atoms with E-state index in [1.807, 2.05) is 25.1 Å². The molecule has 7 nitrogen and oxygen atoms in total. The third-order valence-corrected chi connectivity index (χ3v) is 6.37. The Morgan fingerprint density at radius 1 is 1.09 bits per heavy atom. The lowest BCUT2D eigenvalue weighted by atomic mass is 9.73. The topological polar surface area (TPSA) is 78.3 Å². The summed E-state index contributed by atoms with van der Waals surface area (Å²) in [6.45, 7) is 9.21. The van der Waals surface area contributed by atoms with Crippen LogP contribution in [-0.2, 0) is 11.4 Å². The number of Topliss-reactive ketones (excluding diaryl/α,β-unsaturated/α-hetero) is 1. The minimum Gasteiger partial charge on any atom is -0.490 e. The van der Waals surface area contributed by atoms with Gasteiger partial charge in [0.25, 0.3) is 0 Å². The van der Waals surface area contributed by atoms with Crippen molar-refractivity contribution in [1.82, 2.24) is 14.8 Å². The summed E-state index contributed by atoms with van der Waals surface area (Å²) in [5.41, 5.74) is 4.82. The van der Waals surface area contributed by atoms with Gasteiger partial charge in [0.05, 0.1) is 6.61 Å². The van der Waals surface area contributed by atoms with Crippen molar-refractivity contribution in [2.24, 2.45) is 5.41 Å². The van der Waals surface area contributed by atoms with Crippen LogP contribution in [0.1, 0.15) is 56.3 Å². The molecular weight excluding hydrogens is 428 g/mol. The lowest BCUT2D eigenvalue weighted by Gasteiger charge is -2.38. The van der Waals surface area contributed by atoms with E-state index in [1.54, 1.807) is 4.68 Å². The molecule has 0 amide bonds. The van der Waals surface area contributed by atoms with Crippen molar-refractivity contribution in [1.29, 1.82) is 0 Å². The molecule has 1 atom stereocenters. The molecule has 7 heteroatoms. The molecule has 0 saturated heterocycles. The first-order valence-corrected chi connectivity index (χ1v) is 11.7. The minimum absolute atomic E-state index is 0.0974. The minimum atomic E-state index is -0.359. The number of nitrogens with zero attached hydrogens (tertiary/aromatic N) is 3. The van der Waals surface area contributed by atoms with Gasteiger partial charge in [0.15, 0.2) is 17.3 Å². The summed E-state index contributed by atoms with van der Waals surface area (Å²) in [6, 6.07) is 13.8. The number of carbonyl (C=O) groups excluding carboxylic acids is 1. The van der Waals surface area contributed by atoms with Crippen molar-refractivity contribution >= 4 is 11.7 Å². The van der Waals surface area contributed by atoms with Gasteiger partial charge in [-0.05, 0) is 48.9 Å². The van der Waals surface area contributed by atoms with Crippen LogP contribution in [0.4, 0.5) is 5.95 Å². The van der Waals surface area contributed by atoms with Crippen molar-refractivity contribution in [3.05, 3.63) is 76.8 Å². The number of aryl methyl sites for hydroxylation is 1. The highest BCUT2D eigenvalue weighted by Crippen LogP contribution is 2.46. The molecule has 5 rings (SSSR count). The summed E-state index contributed by atoms with van der Waals surface area (Å²) in [7, 11) is 0. The van der Waals surface area contributed by atoms with Crippen LogP contribution in [0.5, 0.6) is 11.5 Å². The van der Waals surface area contributed by atoms with E-state index >= 15 is 0 Å². The maximum Gasteiger partial charge on any atom is 0.226 e. The van der Waals surface area contributed by atoms with Gasteiger partial charge in [-0.15, -0.1) is 0 Å². The highest BCUT2D eigenvalue weighted by molar-refractivity contribution is 6.00. The van der Waals surface area contributed by atoms with Crippen LogP contribution in [0.3, 0.4) is 0 Å². The summed E-state index contributed by atoms with van der Waals surface area (Å²) in [5.74, 6) is 2.11. The quantitative estimate of drug-likeness (QED) is 0.546. The molecule has 0 fully saturated rings. The van der Waals surface area contributed by atoms with Crippen molar-refractivity contribution in [2.45, 2.75) is 53.2 Å². The zero-order valence-electron chi connectivity index (χ0n) is 20.1. The number of aromatic nitrogens is 3. The Morgan fingerprint density at radius 3 is 2.65 bits per heavy atom. The van der Waals surface area contributed by atoms with Crippen molar-refractivity contribution in [3.8, 4) is 11.5 Å². The number of rotatable bonds is 6. The maximum absolute atomic E-state index is 13.3. The summed E-state index contributed by atoms with van der Waals surface area (Å²) >= 11 is 0. The van der Waals surface area contributed by atoms with Crippen LogP contribution >= 0.6 is 0 Å². The molecule has 3 aromatic rings. The van der Waals surface area contributed by atoms with E-state index in [0.717, 1.165) is 28.8 Å². The Bertz CT molecular complexity index is 1260. The predicted molar refractivity (Wildman–Crippen MR) is 130 cm³/mol. The van der Waals surface area contributed by atoms with Crippen LogP contribution < -0.4 is 14.8 Å².